The third kappa shape index (κ3) is 2.96. The van der Waals surface area contributed by atoms with Crippen molar-refractivity contribution >= 4 is 16.1 Å². The fourth-order valence-corrected chi connectivity index (χ4v) is 5.76. The van der Waals surface area contributed by atoms with E-state index in [-0.39, 0.29) is 12.5 Å². The summed E-state index contributed by atoms with van der Waals surface area (Å²) in [5.74, 6) is -0.808. The summed E-state index contributed by atoms with van der Waals surface area (Å²) in [6.07, 6.45) is 3.11. The average Bonchev–Trinajstić information content (AvgIpc) is 2.50. The van der Waals surface area contributed by atoms with Crippen LogP contribution in [0.1, 0.15) is 38.5 Å². The molecular formula is C15H22F2O7S. The molecule has 0 spiro atoms. The smallest absolute Gasteiger partial charge is 0.402 e. The van der Waals surface area contributed by atoms with Gasteiger partial charge in [-0.1, -0.05) is 0 Å². The average molecular weight is 384 g/mol. The summed E-state index contributed by atoms with van der Waals surface area (Å²) in [5, 5.41) is 5.31. The normalized spacial score (nSPS) is 40.3. The molecule has 0 aliphatic heterocycles. The number of esters is 1. The summed E-state index contributed by atoms with van der Waals surface area (Å²) in [5.41, 5.74) is -2.19. The molecule has 0 aromatic rings. The maximum absolute atomic E-state index is 13.4. The molecule has 2 N–H and O–H groups in total. The minimum absolute atomic E-state index is 0.109. The second-order valence-electron chi connectivity index (χ2n) is 8.02. The summed E-state index contributed by atoms with van der Waals surface area (Å²) >= 11 is 0. The van der Waals surface area contributed by atoms with Crippen LogP contribution >= 0.6 is 0 Å². The first-order chi connectivity index (χ1) is 11.4. The standard InChI is InChI=1S/C15H22F2O7S/c1-23-14-4-10-2-12(6-14,8-18)5-13(3-10,7-14)11(19)24-9-15(16,17)25(20,21)22/h10,18H,2-9H2,1H3,(H,20,21,22). The van der Waals surface area contributed by atoms with Crippen LogP contribution in [0.3, 0.4) is 0 Å². The van der Waals surface area contributed by atoms with Gasteiger partial charge in [-0.25, -0.2) is 0 Å². The van der Waals surface area contributed by atoms with Gasteiger partial charge in [0.25, 0.3) is 0 Å². The summed E-state index contributed by atoms with van der Waals surface area (Å²) in [7, 11) is -4.13. The number of carbonyl (C=O) groups excluding carboxylic acids is 1. The van der Waals surface area contributed by atoms with Gasteiger partial charge in [0.1, 0.15) is 0 Å². The number of carbonyl (C=O) groups is 1. The van der Waals surface area contributed by atoms with Gasteiger partial charge in [-0.15, -0.1) is 0 Å². The Hall–Kier alpha value is -0.840. The van der Waals surface area contributed by atoms with Crippen molar-refractivity contribution in [2.45, 2.75) is 49.4 Å². The zero-order valence-corrected chi connectivity index (χ0v) is 14.7. The predicted molar refractivity (Wildman–Crippen MR) is 80.3 cm³/mol. The van der Waals surface area contributed by atoms with Crippen LogP contribution in [-0.2, 0) is 24.4 Å². The Kier molecular flexibility index (Phi) is 4.22. The van der Waals surface area contributed by atoms with E-state index in [1.807, 2.05) is 0 Å². The summed E-state index contributed by atoms with van der Waals surface area (Å²) in [6, 6.07) is 0. The molecule has 7 nitrogen and oxygen atoms in total. The van der Waals surface area contributed by atoms with Gasteiger partial charge in [0.05, 0.1) is 11.0 Å². The third-order valence-corrected chi connectivity index (χ3v) is 6.96. The molecule has 4 bridgehead atoms. The quantitative estimate of drug-likeness (QED) is 0.525. The van der Waals surface area contributed by atoms with Crippen LogP contribution in [0.15, 0.2) is 0 Å². The highest BCUT2D eigenvalue weighted by molar-refractivity contribution is 7.86. The van der Waals surface area contributed by atoms with Crippen molar-refractivity contribution in [2.75, 3.05) is 20.3 Å². The first kappa shape index (κ1) is 18.9. The SMILES string of the molecule is COC12CC3CC(CO)(C1)CC(C(=O)OCC(F)(F)S(=O)(=O)O)(C3)C2. The van der Waals surface area contributed by atoms with Crippen LogP contribution < -0.4 is 0 Å². The van der Waals surface area contributed by atoms with Crippen molar-refractivity contribution in [3.05, 3.63) is 0 Å². The number of alkyl halides is 2. The molecule has 0 aromatic heterocycles. The van der Waals surface area contributed by atoms with E-state index in [2.05, 4.69) is 4.74 Å². The van der Waals surface area contributed by atoms with Gasteiger partial charge in [-0.3, -0.25) is 9.35 Å². The van der Waals surface area contributed by atoms with Crippen molar-refractivity contribution < 1.29 is 41.1 Å². The van der Waals surface area contributed by atoms with Crippen molar-refractivity contribution in [1.82, 2.24) is 0 Å². The molecule has 10 heteroatoms. The predicted octanol–water partition coefficient (Wildman–Crippen LogP) is 1.36. The highest BCUT2D eigenvalue weighted by Gasteiger charge is 2.66. The highest BCUT2D eigenvalue weighted by Crippen LogP contribution is 2.67. The lowest BCUT2D eigenvalue weighted by molar-refractivity contribution is -0.232. The van der Waals surface area contributed by atoms with Gasteiger partial charge in [0, 0.05) is 13.7 Å². The lowest BCUT2D eigenvalue weighted by atomic mass is 9.43. The fourth-order valence-electron chi connectivity index (χ4n) is 5.55. The molecule has 25 heavy (non-hydrogen) atoms. The Labute approximate surface area is 144 Å². The number of halogens is 2. The van der Waals surface area contributed by atoms with Crippen LogP contribution in [0, 0.1) is 16.7 Å². The van der Waals surface area contributed by atoms with E-state index >= 15 is 0 Å². The maximum atomic E-state index is 13.4. The molecule has 4 fully saturated rings. The van der Waals surface area contributed by atoms with E-state index in [1.165, 1.54) is 7.11 Å². The van der Waals surface area contributed by atoms with E-state index in [0.29, 0.717) is 25.7 Å². The number of ether oxygens (including phenoxy) is 2. The van der Waals surface area contributed by atoms with Gasteiger partial charge in [-0.2, -0.15) is 17.2 Å². The summed E-state index contributed by atoms with van der Waals surface area (Å²) in [6.45, 7) is -1.87. The fraction of sp³-hybridized carbons (Fsp3) is 0.933. The minimum atomic E-state index is -5.66. The lowest BCUT2D eigenvalue weighted by Gasteiger charge is -2.64. The van der Waals surface area contributed by atoms with Crippen LogP contribution in [0.5, 0.6) is 0 Å². The molecule has 144 valence electrons. The Balaban J connectivity index is 1.83. The zero-order valence-electron chi connectivity index (χ0n) is 13.8. The molecule has 0 heterocycles. The molecule has 4 saturated carbocycles. The second-order valence-corrected chi connectivity index (χ2v) is 9.57. The topological polar surface area (TPSA) is 110 Å². The summed E-state index contributed by atoms with van der Waals surface area (Å²) < 4.78 is 66.9. The Morgan fingerprint density at radius 1 is 1.24 bits per heavy atom. The van der Waals surface area contributed by atoms with Crippen molar-refractivity contribution in [1.29, 1.82) is 0 Å². The van der Waals surface area contributed by atoms with E-state index in [0.717, 1.165) is 12.8 Å². The first-order valence-corrected chi connectivity index (χ1v) is 9.53. The van der Waals surface area contributed by atoms with Crippen LogP contribution in [-0.4, -0.2) is 55.2 Å². The number of rotatable bonds is 6. The number of aliphatic hydroxyl groups is 1. The largest absolute Gasteiger partial charge is 0.458 e. The molecule has 0 amide bonds. The Bertz CT molecular complexity index is 657. The summed E-state index contributed by atoms with van der Waals surface area (Å²) in [4.78, 5) is 12.6. The van der Waals surface area contributed by atoms with Crippen molar-refractivity contribution in [3.63, 3.8) is 0 Å². The second kappa shape index (κ2) is 5.58. The Morgan fingerprint density at radius 3 is 2.48 bits per heavy atom. The van der Waals surface area contributed by atoms with Gasteiger partial charge in [0.15, 0.2) is 6.61 Å². The molecule has 4 unspecified atom stereocenters. The first-order valence-electron chi connectivity index (χ1n) is 8.09. The van der Waals surface area contributed by atoms with E-state index in [1.54, 1.807) is 0 Å². The molecular weight excluding hydrogens is 362 g/mol. The minimum Gasteiger partial charge on any atom is -0.458 e. The Morgan fingerprint density at radius 2 is 1.92 bits per heavy atom. The van der Waals surface area contributed by atoms with Gasteiger partial charge < -0.3 is 14.6 Å². The van der Waals surface area contributed by atoms with Crippen molar-refractivity contribution in [3.8, 4) is 0 Å². The molecule has 0 saturated heterocycles. The molecule has 0 aromatic carbocycles. The molecule has 4 aliphatic carbocycles. The van der Waals surface area contributed by atoms with Crippen LogP contribution in [0.25, 0.3) is 0 Å². The monoisotopic (exact) mass is 384 g/mol. The third-order valence-electron chi connectivity index (χ3n) is 6.08. The van der Waals surface area contributed by atoms with Crippen molar-refractivity contribution in [2.24, 2.45) is 16.7 Å². The number of methoxy groups -OCH3 is 1. The van der Waals surface area contributed by atoms with Crippen LogP contribution in [0.2, 0.25) is 0 Å². The molecule has 4 atom stereocenters. The highest BCUT2D eigenvalue weighted by atomic mass is 32.2. The van der Waals surface area contributed by atoms with Gasteiger partial charge >= 0.3 is 21.3 Å². The zero-order chi connectivity index (χ0) is 18.7. The lowest BCUT2D eigenvalue weighted by Crippen LogP contribution is -2.64. The number of aliphatic hydroxyl groups excluding tert-OH is 1. The molecule has 4 aliphatic rings. The number of hydrogen-bond donors (Lipinski definition) is 2. The van der Waals surface area contributed by atoms with E-state index in [9.17, 15) is 27.1 Å². The van der Waals surface area contributed by atoms with Gasteiger partial charge in [-0.05, 0) is 49.9 Å². The molecule has 4 rings (SSSR count). The maximum Gasteiger partial charge on any atom is 0.402 e. The van der Waals surface area contributed by atoms with E-state index < -0.39 is 44.4 Å². The van der Waals surface area contributed by atoms with E-state index in [4.69, 9.17) is 9.29 Å². The van der Waals surface area contributed by atoms with Gasteiger partial charge in [0.2, 0.25) is 0 Å². The van der Waals surface area contributed by atoms with Crippen LogP contribution in [0.4, 0.5) is 8.78 Å². The molecule has 0 radical (unpaired) electrons. The number of hydrogen-bond acceptors (Lipinski definition) is 6.